The van der Waals surface area contributed by atoms with Crippen LogP contribution in [0.2, 0.25) is 5.02 Å². The molecule has 0 aromatic heterocycles. The van der Waals surface area contributed by atoms with E-state index in [2.05, 4.69) is 68.1 Å². The number of hydrogen-bond donors (Lipinski definition) is 1. The highest BCUT2D eigenvalue weighted by Crippen LogP contribution is 2.46. The van der Waals surface area contributed by atoms with Crippen LogP contribution in [0.5, 0.6) is 0 Å². The molecular formula is C26H33ClN4. The first-order valence-electron chi connectivity index (χ1n) is 10.9. The van der Waals surface area contributed by atoms with Crippen molar-refractivity contribution >= 4 is 17.3 Å². The number of nitrogens with zero attached hydrogens (tertiary/aromatic N) is 3. The number of nitrogens with two attached hydrogens (primary N) is 1. The molecule has 0 spiro atoms. The van der Waals surface area contributed by atoms with Gasteiger partial charge in [0, 0.05) is 41.8 Å². The zero-order chi connectivity index (χ0) is 22.7. The van der Waals surface area contributed by atoms with Crippen LogP contribution in [0.1, 0.15) is 51.6 Å². The van der Waals surface area contributed by atoms with Crippen LogP contribution < -0.4 is 5.73 Å². The minimum atomic E-state index is -0.109. The molecule has 3 rings (SSSR count). The molecule has 2 aliphatic rings. The van der Waals surface area contributed by atoms with Crippen molar-refractivity contribution in [2.75, 3.05) is 13.6 Å². The first-order chi connectivity index (χ1) is 14.8. The van der Waals surface area contributed by atoms with Crippen molar-refractivity contribution in [3.05, 3.63) is 94.2 Å². The minimum absolute atomic E-state index is 0.109. The van der Waals surface area contributed by atoms with Crippen LogP contribution in [0.3, 0.4) is 0 Å². The van der Waals surface area contributed by atoms with Gasteiger partial charge in [-0.2, -0.15) is 0 Å². The summed E-state index contributed by atoms with van der Waals surface area (Å²) in [6.45, 7) is 15.7. The largest absolute Gasteiger partial charge is 0.402 e. The smallest absolute Gasteiger partial charge is 0.0884 e. The second kappa shape index (κ2) is 9.61. The first-order valence-corrected chi connectivity index (χ1v) is 11.3. The molecule has 1 saturated heterocycles. The Hall–Kier alpha value is -2.72. The van der Waals surface area contributed by atoms with Gasteiger partial charge in [-0.15, -0.1) is 0 Å². The quantitative estimate of drug-likeness (QED) is 0.567. The molecule has 1 unspecified atom stereocenters. The average Bonchev–Trinajstić information content (AvgIpc) is 3.03. The highest BCUT2D eigenvalue weighted by Gasteiger charge is 2.41. The maximum atomic E-state index is 6.69. The van der Waals surface area contributed by atoms with Crippen LogP contribution in [0.25, 0.3) is 0 Å². The van der Waals surface area contributed by atoms with E-state index in [0.717, 1.165) is 71.0 Å². The Bertz CT molecular complexity index is 995. The van der Waals surface area contributed by atoms with Gasteiger partial charge < -0.3 is 15.5 Å². The van der Waals surface area contributed by atoms with Gasteiger partial charge in [0.2, 0.25) is 0 Å². The van der Waals surface area contributed by atoms with Crippen molar-refractivity contribution in [2.24, 2.45) is 10.7 Å². The lowest BCUT2D eigenvalue weighted by atomic mass is 9.94. The Morgan fingerprint density at radius 2 is 1.81 bits per heavy atom. The van der Waals surface area contributed by atoms with E-state index in [1.807, 2.05) is 19.2 Å². The van der Waals surface area contributed by atoms with Crippen molar-refractivity contribution in [1.29, 1.82) is 0 Å². The highest BCUT2D eigenvalue weighted by atomic mass is 35.5. The molecule has 0 amide bonds. The predicted molar refractivity (Wildman–Crippen MR) is 133 cm³/mol. The molecule has 1 aromatic rings. The van der Waals surface area contributed by atoms with Crippen LogP contribution in [0, 0.1) is 0 Å². The number of likely N-dealkylation sites (N-methyl/N-ethyl adjacent to an activating group) is 1. The Morgan fingerprint density at radius 1 is 1.13 bits per heavy atom. The third-order valence-corrected chi connectivity index (χ3v) is 6.00. The van der Waals surface area contributed by atoms with Gasteiger partial charge in [-0.3, -0.25) is 4.99 Å². The summed E-state index contributed by atoms with van der Waals surface area (Å²) in [5, 5.41) is 0.711. The maximum absolute atomic E-state index is 6.69. The van der Waals surface area contributed by atoms with Gasteiger partial charge in [0.1, 0.15) is 0 Å². The van der Waals surface area contributed by atoms with E-state index in [1.165, 1.54) is 0 Å². The lowest BCUT2D eigenvalue weighted by Gasteiger charge is -2.33. The number of hydrogen-bond acceptors (Lipinski definition) is 4. The van der Waals surface area contributed by atoms with Gasteiger partial charge in [0.25, 0.3) is 0 Å². The number of allylic oxidation sites excluding steroid dienone is 4. The average molecular weight is 437 g/mol. The molecule has 5 heteroatoms. The van der Waals surface area contributed by atoms with Crippen molar-refractivity contribution in [2.45, 2.75) is 46.1 Å². The van der Waals surface area contributed by atoms with Gasteiger partial charge >= 0.3 is 0 Å². The molecule has 2 aliphatic heterocycles. The van der Waals surface area contributed by atoms with E-state index >= 15 is 0 Å². The number of aliphatic imine (C=N–C) groups is 1. The molecule has 0 radical (unpaired) electrons. The summed E-state index contributed by atoms with van der Waals surface area (Å²) in [6, 6.07) is 7.88. The molecule has 0 saturated carbocycles. The molecule has 1 fully saturated rings. The summed E-state index contributed by atoms with van der Waals surface area (Å²) >= 11 is 6.20. The van der Waals surface area contributed by atoms with E-state index in [-0.39, 0.29) is 6.04 Å². The fourth-order valence-corrected chi connectivity index (χ4v) is 4.24. The number of benzene rings is 1. The van der Waals surface area contributed by atoms with Crippen LogP contribution in [0.15, 0.2) is 88.6 Å². The Labute approximate surface area is 191 Å². The van der Waals surface area contributed by atoms with Crippen molar-refractivity contribution in [3.63, 3.8) is 0 Å². The highest BCUT2D eigenvalue weighted by molar-refractivity contribution is 6.30. The van der Waals surface area contributed by atoms with E-state index in [9.17, 15) is 0 Å². The topological polar surface area (TPSA) is 44.9 Å². The molecule has 2 N–H and O–H groups in total. The van der Waals surface area contributed by atoms with E-state index in [1.54, 1.807) is 0 Å². The van der Waals surface area contributed by atoms with Gasteiger partial charge in [-0.25, -0.2) is 0 Å². The van der Waals surface area contributed by atoms with Crippen LogP contribution >= 0.6 is 11.6 Å². The Morgan fingerprint density at radius 3 is 2.39 bits per heavy atom. The zero-order valence-electron chi connectivity index (χ0n) is 19.1. The first kappa shape index (κ1) is 23.0. The van der Waals surface area contributed by atoms with E-state index in [0.29, 0.717) is 5.02 Å². The molecule has 0 aliphatic carbocycles. The maximum Gasteiger partial charge on any atom is 0.0884 e. The van der Waals surface area contributed by atoms with E-state index < -0.39 is 0 Å². The minimum Gasteiger partial charge on any atom is -0.402 e. The van der Waals surface area contributed by atoms with Gasteiger partial charge in [0.15, 0.2) is 0 Å². The summed E-state index contributed by atoms with van der Waals surface area (Å²) in [7, 11) is 2.02. The monoisotopic (exact) mass is 436 g/mol. The zero-order valence-corrected chi connectivity index (χ0v) is 19.8. The number of halogens is 1. The molecule has 1 aromatic carbocycles. The van der Waals surface area contributed by atoms with Crippen LogP contribution in [-0.4, -0.2) is 29.1 Å². The Kier molecular flexibility index (Phi) is 7.11. The fourth-order valence-electron chi connectivity index (χ4n) is 4.11. The summed E-state index contributed by atoms with van der Waals surface area (Å²) in [5.74, 6) is 0. The molecule has 2 heterocycles. The van der Waals surface area contributed by atoms with Crippen molar-refractivity contribution in [1.82, 2.24) is 9.80 Å². The summed E-state index contributed by atoms with van der Waals surface area (Å²) in [5.41, 5.74) is 14.7. The summed E-state index contributed by atoms with van der Waals surface area (Å²) in [4.78, 5) is 9.24. The molecule has 31 heavy (non-hydrogen) atoms. The Balaban J connectivity index is 2.25. The van der Waals surface area contributed by atoms with Crippen molar-refractivity contribution in [3.8, 4) is 0 Å². The normalized spacial score (nSPS) is 22.2. The van der Waals surface area contributed by atoms with Crippen LogP contribution in [0.4, 0.5) is 0 Å². The molecule has 1 atom stereocenters. The fraction of sp³-hybridized carbons (Fsp3) is 0.346. The van der Waals surface area contributed by atoms with Crippen LogP contribution in [-0.2, 0) is 0 Å². The van der Waals surface area contributed by atoms with Gasteiger partial charge in [-0.1, -0.05) is 57.2 Å². The molecule has 0 bridgehead atoms. The number of likely N-dealkylation sites (tertiary alicyclic amines) is 1. The lowest BCUT2D eigenvalue weighted by molar-refractivity contribution is 0.395. The number of rotatable bonds is 6. The third kappa shape index (κ3) is 4.49. The lowest BCUT2D eigenvalue weighted by Crippen LogP contribution is -2.26. The van der Waals surface area contributed by atoms with Gasteiger partial charge in [0.05, 0.1) is 23.1 Å². The summed E-state index contributed by atoms with van der Waals surface area (Å²) < 4.78 is 0. The third-order valence-electron chi connectivity index (χ3n) is 5.74. The SMILES string of the molecule is C=C1C(C)=CC(N2C(=C)C(=NCCC)C(=C(N)CCC)C2c2ccc(Cl)cc2)=CN1C. The van der Waals surface area contributed by atoms with E-state index in [4.69, 9.17) is 22.3 Å². The van der Waals surface area contributed by atoms with Crippen molar-refractivity contribution < 1.29 is 0 Å². The second-order valence-corrected chi connectivity index (χ2v) is 8.57. The molecule has 164 valence electrons. The van der Waals surface area contributed by atoms with Gasteiger partial charge in [-0.05, 0) is 49.1 Å². The predicted octanol–water partition coefficient (Wildman–Crippen LogP) is 6.32. The second-order valence-electron chi connectivity index (χ2n) is 8.13. The standard InChI is InChI=1S/C26H33ClN4/c1-7-9-23(28)24-25(29-14-8-2)19(5)31(22-15-17(3)18(4)30(6)16-22)26(24)20-10-12-21(27)13-11-20/h10-13,15-16,26H,4-5,7-9,14,28H2,1-3,6H3. The molecular weight excluding hydrogens is 404 g/mol. The summed E-state index contributed by atoms with van der Waals surface area (Å²) in [6.07, 6.45) is 7.01. The molecule has 4 nitrogen and oxygen atoms in total.